The molecule has 0 N–H and O–H groups in total. The number of benzene rings is 4. The number of aromatic nitrogens is 1. The van der Waals surface area contributed by atoms with E-state index in [0.717, 1.165) is 104 Å². The van der Waals surface area contributed by atoms with Crippen LogP contribution in [0.4, 0.5) is 145 Å². The summed E-state index contributed by atoms with van der Waals surface area (Å²) in [6.45, 7) is 21.7. The maximum Gasteiger partial charge on any atom is 0.450 e. The number of hydrogen-bond acceptors (Lipinski definition) is 20. The van der Waals surface area contributed by atoms with Crippen LogP contribution >= 0.6 is 11.3 Å². The highest BCUT2D eigenvalue weighted by atomic mass is 32.1. The Hall–Kier alpha value is -11.7. The summed E-state index contributed by atoms with van der Waals surface area (Å²) in [4.78, 5) is 193. The molecule has 0 amide bonds. The Morgan fingerprint density at radius 3 is 0.801 bits per heavy atom. The molecule has 0 saturated carbocycles. The molecule has 0 aliphatic heterocycles. The predicted octanol–water partition coefficient (Wildman–Crippen LogP) is 24.3. The Kier molecular flexibility index (Phi) is 68.1. The molecule has 0 aliphatic rings. The van der Waals surface area contributed by atoms with E-state index in [1.807, 2.05) is 13.8 Å². The first-order valence-electron chi connectivity index (χ1n) is 41.6. The van der Waals surface area contributed by atoms with E-state index in [-0.39, 0.29) is 53.8 Å². The molecule has 0 spiro atoms. The summed E-state index contributed by atoms with van der Waals surface area (Å²) in [6.07, 6.45) is -15.0. The summed E-state index contributed by atoms with van der Waals surface area (Å²) in [6, 6.07) is 0. The van der Waals surface area contributed by atoms with Crippen molar-refractivity contribution in [1.29, 1.82) is 0 Å². The quantitative estimate of drug-likeness (QED) is 0.00692. The van der Waals surface area contributed by atoms with Crippen LogP contribution in [0.2, 0.25) is 0 Å². The Bertz CT molecular complexity index is 4940. The van der Waals surface area contributed by atoms with Crippen molar-refractivity contribution in [2.45, 2.75) is 263 Å². The van der Waals surface area contributed by atoms with Gasteiger partial charge >= 0.3 is 24.7 Å². The van der Waals surface area contributed by atoms with Crippen LogP contribution in [-0.2, 0) is 62.3 Å². The highest BCUT2D eigenvalue weighted by Gasteiger charge is 2.44. The van der Waals surface area contributed by atoms with E-state index in [9.17, 15) is 222 Å². The van der Waals surface area contributed by atoms with Crippen LogP contribution < -0.4 is 0 Å². The fourth-order valence-electron chi connectivity index (χ4n) is 8.89. The molecule has 53 heteroatoms. The van der Waals surface area contributed by atoms with Crippen LogP contribution in [0.25, 0.3) is 0 Å². The summed E-state index contributed by atoms with van der Waals surface area (Å²) in [5, 5.41) is 1.33. The van der Waals surface area contributed by atoms with E-state index in [4.69, 9.17) is 13.7 Å². The molecule has 4 atom stereocenters. The zero-order valence-electron chi connectivity index (χ0n) is 79.8. The molecule has 4 unspecified atom stereocenters. The van der Waals surface area contributed by atoms with Gasteiger partial charge in [-0.05, 0) is 102 Å². The van der Waals surface area contributed by atoms with Gasteiger partial charge in [0.2, 0.25) is 65.1 Å². The van der Waals surface area contributed by atoms with E-state index in [0.29, 0.717) is 18.6 Å². The largest absolute Gasteiger partial charge is 0.450 e. The fraction of sp³-hybridized carbons (Fsp3) is 0.489. The van der Waals surface area contributed by atoms with Crippen molar-refractivity contribution in [3.05, 3.63) is 155 Å². The smallest absolute Gasteiger partial charge is 0.300 e. The van der Waals surface area contributed by atoms with E-state index in [2.05, 4.69) is 11.9 Å². The second-order valence-corrected chi connectivity index (χ2v) is 29.6. The first kappa shape index (κ1) is 136. The van der Waals surface area contributed by atoms with E-state index < -0.39 is 270 Å². The van der Waals surface area contributed by atoms with Crippen molar-refractivity contribution in [3.63, 3.8) is 0 Å². The number of halogens is 33. The number of thiazole rings is 1. The molecule has 5 rings (SSSR count). The average molecular weight is 2120 g/mol. The van der Waals surface area contributed by atoms with Crippen molar-refractivity contribution < 1.29 is 235 Å². The number of hydrogen-bond donors (Lipinski definition) is 0. The van der Waals surface area contributed by atoms with E-state index in [1.165, 1.54) is 78.8 Å². The molecular formula is C88H94F33NO18S. The van der Waals surface area contributed by atoms with Gasteiger partial charge < -0.3 is 14.4 Å². The number of nitrogens with zero attached hydrogens (tertiary/aromatic N) is 1. The van der Waals surface area contributed by atoms with Crippen LogP contribution in [0.15, 0.2) is 11.6 Å². The van der Waals surface area contributed by atoms with Gasteiger partial charge in [-0.3, -0.25) is 71.9 Å². The number of ketones is 15. The molecule has 1 aromatic heterocycles. The number of unbranched alkanes of at least 4 members (excludes halogenated alkanes) is 12. The standard InChI is InChI=1S/C17H19F5O2.C16H16F6O2.C13H6F5NO2S.C9H18O.C7HF5O.C6H7F3O2.C5H5F3O2.C5H8O2.2C3H6O.2C2HF3O/c1-3-4-5-6-7-8-10(23)9(2)17(24)11-12(18)14(20)16(22)15(21)13(11)19;1-2-3-4-5-6-7-8(23)10(17)16(24)9-11(18)13(20)15(22)14(21)12(9)19;1-4(12(21)13-19-2-3-22-13)11(20)5-6(14)8(16)10(18)9(17)7(5)15;1-3-4-5-6-7-8-9(2)10;8-3-2(1-13)4(9)6(11)7(12)5(3)10;1-3(4(2)10)5(11)6(7,8)9;1-3(9)2-4(10)5(6,7)8;1-4(6)3-5(2)7;2*1-3(2)4;2*3-2(4,5)1-6/h9H,3-8H2,1-2H3;10H,2-7H2,1H3;2-4H,1H3;3-8H2,1-2H3;1H;3H,1-2H3;2H2,1H3;3H2,1-2H3;2*1-2H3;2*1H/i;;;;1D;;;;;;2*1D. The molecular weight excluding hydrogens is 2020 g/mol. The number of carbonyl (C=O) groups excluding carboxylic acids is 18. The molecule has 1 heterocycles. The normalized spacial score (nSPS) is 11.7. The lowest BCUT2D eigenvalue weighted by atomic mass is 9.91. The lowest BCUT2D eigenvalue weighted by molar-refractivity contribution is -0.175. The van der Waals surface area contributed by atoms with Gasteiger partial charge in [0, 0.05) is 30.8 Å². The summed E-state index contributed by atoms with van der Waals surface area (Å²) in [5.74, 6) is -63.4. The number of aldehydes is 3. The van der Waals surface area contributed by atoms with Crippen LogP contribution in [0, 0.1) is 134 Å². The molecule has 19 nitrogen and oxygen atoms in total. The van der Waals surface area contributed by atoms with Crippen molar-refractivity contribution in [2.24, 2.45) is 17.8 Å². The van der Waals surface area contributed by atoms with Crippen molar-refractivity contribution in [3.8, 4) is 0 Å². The lowest BCUT2D eigenvalue weighted by Crippen LogP contribution is -2.32. The minimum atomic E-state index is -4.97. The number of Topliss-reactive ketones (excluding diaryl/α,β-unsaturated/α-hetero) is 15. The molecule has 0 aliphatic carbocycles. The Balaban J connectivity index is -0.000000296. The lowest BCUT2D eigenvalue weighted by Gasteiger charge is -2.12. The van der Waals surface area contributed by atoms with Crippen molar-refractivity contribution in [2.75, 3.05) is 0 Å². The third-order valence-corrected chi connectivity index (χ3v) is 16.7. The van der Waals surface area contributed by atoms with Gasteiger partial charge in [-0.25, -0.2) is 97.2 Å². The summed E-state index contributed by atoms with van der Waals surface area (Å²) in [7, 11) is 0. The summed E-state index contributed by atoms with van der Waals surface area (Å²) >= 11 is 0.881. The summed E-state index contributed by atoms with van der Waals surface area (Å²) in [5.41, 5.74) is -6.87. The molecule has 0 fully saturated rings. The number of alkyl halides is 13. The van der Waals surface area contributed by atoms with E-state index in [1.54, 1.807) is 6.92 Å². The van der Waals surface area contributed by atoms with Crippen LogP contribution in [0.5, 0.6) is 0 Å². The van der Waals surface area contributed by atoms with Gasteiger partial charge in [0.15, 0.2) is 122 Å². The van der Waals surface area contributed by atoms with Crippen LogP contribution in [0.3, 0.4) is 0 Å². The molecule has 5 aromatic rings. The highest BCUT2D eigenvalue weighted by molar-refractivity contribution is 7.11. The van der Waals surface area contributed by atoms with Crippen LogP contribution in [0.1, 0.15) is 288 Å². The average Bonchev–Trinajstić information content (AvgIpc) is 0.939. The van der Waals surface area contributed by atoms with Gasteiger partial charge in [0.1, 0.15) is 50.4 Å². The third kappa shape index (κ3) is 57.7. The Morgan fingerprint density at radius 1 is 0.333 bits per heavy atom. The zero-order chi connectivity index (χ0) is 115. The van der Waals surface area contributed by atoms with Gasteiger partial charge in [-0.2, -0.15) is 52.7 Å². The van der Waals surface area contributed by atoms with Gasteiger partial charge in [-0.15, -0.1) is 11.3 Å². The zero-order valence-corrected chi connectivity index (χ0v) is 77.6. The minimum absolute atomic E-state index is 0.0199. The number of carbonyl (C=O) groups is 18. The summed E-state index contributed by atoms with van der Waals surface area (Å²) < 4.78 is 424. The van der Waals surface area contributed by atoms with Crippen molar-refractivity contribution in [1.82, 2.24) is 4.98 Å². The predicted molar refractivity (Wildman–Crippen MR) is 434 cm³/mol. The first-order valence-corrected chi connectivity index (χ1v) is 41.0. The minimum Gasteiger partial charge on any atom is -0.300 e. The molecule has 0 radical (unpaired) electrons. The Labute approximate surface area is 790 Å². The number of rotatable bonds is 35. The van der Waals surface area contributed by atoms with Crippen LogP contribution in [-0.4, -0.2) is 141 Å². The maximum atomic E-state index is 13.8. The third-order valence-electron chi connectivity index (χ3n) is 15.9. The fourth-order valence-corrected chi connectivity index (χ4v) is 9.56. The second kappa shape index (κ2) is 70.8. The maximum absolute atomic E-state index is 13.8. The molecule has 141 heavy (non-hydrogen) atoms. The first-order chi connectivity index (χ1) is 65.5. The SMILES string of the molecule is CC(=O)C(C)C(=O)C(F)(F)F.CC(=O)CC(=O)C(F)(F)F.CC(=O)CC(C)=O.CC(C(=O)c1nccs1)C(=O)c1c(F)c(F)c(F)c(F)c1F.CC(C)=O.CC(C)=O.CCCCCCCC(=O)C(C)C(=O)c1c(F)c(F)c(F)c(F)c1F.CCCCCCCC(=O)C(F)C(=O)c1c(F)c(F)c(F)c(F)c1F.CCCCCCCC(C)=O.[2H]C(=O)C(F)(F)F.[2H]C(=O)C(F)(F)F.[2H]C(=O)c1c(F)c(F)c(F)c(F)c1F. The monoisotopic (exact) mass is 2110 g/mol. The topological polar surface area (TPSA) is 320 Å². The molecule has 0 bridgehead atoms. The van der Waals surface area contributed by atoms with E-state index >= 15 is 0 Å². The molecule has 0 saturated heterocycles. The van der Waals surface area contributed by atoms with Crippen molar-refractivity contribution >= 4 is 117 Å². The Morgan fingerprint density at radius 2 is 0.589 bits per heavy atom. The van der Waals surface area contributed by atoms with Gasteiger partial charge in [0.05, 0.1) is 52.8 Å². The van der Waals surface area contributed by atoms with Gasteiger partial charge in [0.25, 0.3) is 0 Å². The van der Waals surface area contributed by atoms with Gasteiger partial charge in [-0.1, -0.05) is 97.8 Å². The molecule has 796 valence electrons. The second-order valence-electron chi connectivity index (χ2n) is 28.7. The highest BCUT2D eigenvalue weighted by Crippen LogP contribution is 2.32. The molecule has 4 aromatic carbocycles.